The van der Waals surface area contributed by atoms with Crippen molar-refractivity contribution in [3.63, 3.8) is 0 Å². The number of fused-ring (bicyclic) bond motifs is 1. The fraction of sp³-hybridized carbons (Fsp3) is 0.250. The molecule has 0 radical (unpaired) electrons. The van der Waals surface area contributed by atoms with Crippen LogP contribution in [-0.4, -0.2) is 43.7 Å². The molecule has 2 amide bonds. The molecule has 0 bridgehead atoms. The minimum absolute atomic E-state index is 0.0803. The van der Waals surface area contributed by atoms with Crippen molar-refractivity contribution in [1.82, 2.24) is 15.2 Å². The highest BCUT2D eigenvalue weighted by atomic mass is 32.2. The molecular formula is C24H27N3O5S. The predicted molar refractivity (Wildman–Crippen MR) is 126 cm³/mol. The average Bonchev–Trinajstić information content (AvgIpc) is 2.81. The van der Waals surface area contributed by atoms with Crippen molar-refractivity contribution in [3.05, 3.63) is 72.3 Å². The summed E-state index contributed by atoms with van der Waals surface area (Å²) in [5, 5.41) is 2.05. The maximum Gasteiger partial charge on any atom is 0.279 e. The second-order valence-electron chi connectivity index (χ2n) is 7.85. The maximum absolute atomic E-state index is 12.5. The number of carbonyl (C=O) groups excluding carboxylic acids is 2. The van der Waals surface area contributed by atoms with Crippen LogP contribution in [0.25, 0.3) is 10.8 Å². The zero-order valence-electron chi connectivity index (χ0n) is 18.9. The molecule has 0 heterocycles. The van der Waals surface area contributed by atoms with Gasteiger partial charge in [0, 0.05) is 18.7 Å². The standard InChI is InChI=1S/C24H27N3O5S/c1-16(2)27(4)33(30,31)22-13-10-19(11-14-22)24(29)26-25-23(28)17(3)32-21-12-9-18-7-5-6-8-20(18)15-21/h5-17H,1-4H3,(H,25,28)(H,26,29). The van der Waals surface area contributed by atoms with Crippen LogP contribution in [0.2, 0.25) is 0 Å². The summed E-state index contributed by atoms with van der Waals surface area (Å²) in [5.74, 6) is -0.581. The van der Waals surface area contributed by atoms with Gasteiger partial charge in [-0.15, -0.1) is 0 Å². The first-order chi connectivity index (χ1) is 15.6. The van der Waals surface area contributed by atoms with E-state index in [1.54, 1.807) is 26.8 Å². The Balaban J connectivity index is 1.57. The number of ether oxygens (including phenoxy) is 1. The van der Waals surface area contributed by atoms with Gasteiger partial charge in [-0.3, -0.25) is 20.4 Å². The van der Waals surface area contributed by atoms with Gasteiger partial charge < -0.3 is 4.74 Å². The second kappa shape index (κ2) is 10.0. The van der Waals surface area contributed by atoms with Gasteiger partial charge in [-0.1, -0.05) is 30.3 Å². The van der Waals surface area contributed by atoms with Gasteiger partial charge >= 0.3 is 0 Å². The van der Waals surface area contributed by atoms with Gasteiger partial charge in [0.1, 0.15) is 5.75 Å². The van der Waals surface area contributed by atoms with Crippen LogP contribution in [-0.2, 0) is 14.8 Å². The molecule has 1 unspecified atom stereocenters. The summed E-state index contributed by atoms with van der Waals surface area (Å²) in [6.45, 7) is 5.11. The summed E-state index contributed by atoms with van der Waals surface area (Å²) in [5.41, 5.74) is 4.84. The minimum Gasteiger partial charge on any atom is -0.481 e. The van der Waals surface area contributed by atoms with Crippen LogP contribution >= 0.6 is 0 Å². The fourth-order valence-electron chi connectivity index (χ4n) is 3.01. The molecule has 3 aromatic carbocycles. The molecule has 174 valence electrons. The normalized spacial score (nSPS) is 12.5. The maximum atomic E-state index is 12.5. The van der Waals surface area contributed by atoms with Gasteiger partial charge in [0.15, 0.2) is 6.10 Å². The Morgan fingerprint density at radius 1 is 0.879 bits per heavy atom. The molecule has 3 aromatic rings. The molecule has 1 atom stereocenters. The number of hydrogen-bond donors (Lipinski definition) is 2. The predicted octanol–water partition coefficient (Wildman–Crippen LogP) is 3.10. The highest BCUT2D eigenvalue weighted by Gasteiger charge is 2.23. The first-order valence-electron chi connectivity index (χ1n) is 10.4. The zero-order chi connectivity index (χ0) is 24.2. The molecular weight excluding hydrogens is 442 g/mol. The summed E-state index contributed by atoms with van der Waals surface area (Å²) in [6, 6.07) is 18.6. The summed E-state index contributed by atoms with van der Waals surface area (Å²) in [6.07, 6.45) is -0.856. The molecule has 2 N–H and O–H groups in total. The Hall–Kier alpha value is -3.43. The first-order valence-corrected chi connectivity index (χ1v) is 11.9. The second-order valence-corrected chi connectivity index (χ2v) is 9.85. The van der Waals surface area contributed by atoms with E-state index >= 15 is 0 Å². The molecule has 33 heavy (non-hydrogen) atoms. The largest absolute Gasteiger partial charge is 0.481 e. The third-order valence-electron chi connectivity index (χ3n) is 5.22. The summed E-state index contributed by atoms with van der Waals surface area (Å²) in [4.78, 5) is 24.8. The highest BCUT2D eigenvalue weighted by molar-refractivity contribution is 7.89. The lowest BCUT2D eigenvalue weighted by Gasteiger charge is -2.21. The van der Waals surface area contributed by atoms with Crippen molar-refractivity contribution >= 4 is 32.6 Å². The Morgan fingerprint density at radius 3 is 2.15 bits per heavy atom. The lowest BCUT2D eigenvalue weighted by atomic mass is 10.1. The third-order valence-corrected chi connectivity index (χ3v) is 7.27. The van der Waals surface area contributed by atoms with E-state index < -0.39 is 27.9 Å². The molecule has 9 heteroatoms. The molecule has 0 saturated carbocycles. The number of hydrazine groups is 1. The van der Waals surface area contributed by atoms with Crippen LogP contribution in [0.15, 0.2) is 71.6 Å². The summed E-state index contributed by atoms with van der Waals surface area (Å²) < 4.78 is 32.0. The molecule has 0 aromatic heterocycles. The molecule has 3 rings (SSSR count). The summed E-state index contributed by atoms with van der Waals surface area (Å²) >= 11 is 0. The van der Waals surface area contributed by atoms with Crippen molar-refractivity contribution < 1.29 is 22.7 Å². The SMILES string of the molecule is CC(Oc1ccc2ccccc2c1)C(=O)NNC(=O)c1ccc(S(=O)(=O)N(C)C(C)C)cc1. The van der Waals surface area contributed by atoms with Crippen LogP contribution in [0.5, 0.6) is 5.75 Å². The van der Waals surface area contributed by atoms with Gasteiger partial charge in [-0.25, -0.2) is 8.42 Å². The molecule has 0 fully saturated rings. The third kappa shape index (κ3) is 5.68. The van der Waals surface area contributed by atoms with E-state index in [4.69, 9.17) is 4.74 Å². The Kier molecular flexibility index (Phi) is 7.35. The van der Waals surface area contributed by atoms with Gasteiger partial charge in [0.25, 0.3) is 11.8 Å². The van der Waals surface area contributed by atoms with Gasteiger partial charge in [-0.05, 0) is 67.9 Å². The lowest BCUT2D eigenvalue weighted by molar-refractivity contribution is -0.128. The van der Waals surface area contributed by atoms with E-state index in [-0.39, 0.29) is 16.5 Å². The van der Waals surface area contributed by atoms with Crippen molar-refractivity contribution in [1.29, 1.82) is 0 Å². The molecule has 0 aliphatic rings. The van der Waals surface area contributed by atoms with Crippen LogP contribution < -0.4 is 15.6 Å². The van der Waals surface area contributed by atoms with Crippen LogP contribution in [0.4, 0.5) is 0 Å². The Labute approximate surface area is 193 Å². The highest BCUT2D eigenvalue weighted by Crippen LogP contribution is 2.21. The summed E-state index contributed by atoms with van der Waals surface area (Å²) in [7, 11) is -2.15. The fourth-order valence-corrected chi connectivity index (χ4v) is 4.38. The number of sulfonamides is 1. The van der Waals surface area contributed by atoms with E-state index in [9.17, 15) is 18.0 Å². The number of carbonyl (C=O) groups is 2. The van der Waals surface area contributed by atoms with E-state index in [1.165, 1.54) is 35.6 Å². The number of amides is 2. The Bertz CT molecular complexity index is 1260. The van der Waals surface area contributed by atoms with Gasteiger partial charge in [0.05, 0.1) is 4.90 Å². The smallest absolute Gasteiger partial charge is 0.279 e. The van der Waals surface area contributed by atoms with E-state index in [0.717, 1.165) is 10.8 Å². The number of nitrogens with zero attached hydrogens (tertiary/aromatic N) is 1. The monoisotopic (exact) mass is 469 g/mol. The van der Waals surface area contributed by atoms with Crippen molar-refractivity contribution in [2.75, 3.05) is 7.05 Å². The van der Waals surface area contributed by atoms with Crippen molar-refractivity contribution in [2.24, 2.45) is 0 Å². The Morgan fingerprint density at radius 2 is 1.52 bits per heavy atom. The minimum atomic E-state index is -3.65. The van der Waals surface area contributed by atoms with E-state index in [2.05, 4.69) is 10.9 Å². The molecule has 0 spiro atoms. The number of hydrogen-bond acceptors (Lipinski definition) is 5. The van der Waals surface area contributed by atoms with Crippen LogP contribution in [0.1, 0.15) is 31.1 Å². The first kappa shape index (κ1) is 24.2. The van der Waals surface area contributed by atoms with Crippen molar-refractivity contribution in [3.8, 4) is 5.75 Å². The topological polar surface area (TPSA) is 105 Å². The van der Waals surface area contributed by atoms with E-state index in [0.29, 0.717) is 5.75 Å². The molecule has 0 aliphatic carbocycles. The zero-order valence-corrected chi connectivity index (χ0v) is 19.7. The molecule has 0 saturated heterocycles. The molecule has 0 aliphatic heterocycles. The quantitative estimate of drug-likeness (QED) is 0.518. The van der Waals surface area contributed by atoms with Gasteiger partial charge in [-0.2, -0.15) is 4.31 Å². The number of benzene rings is 3. The molecule has 8 nitrogen and oxygen atoms in total. The van der Waals surface area contributed by atoms with Crippen molar-refractivity contribution in [2.45, 2.75) is 37.8 Å². The number of nitrogens with one attached hydrogen (secondary N) is 2. The van der Waals surface area contributed by atoms with Crippen LogP contribution in [0, 0.1) is 0 Å². The average molecular weight is 470 g/mol. The number of rotatable bonds is 7. The van der Waals surface area contributed by atoms with Crippen LogP contribution in [0.3, 0.4) is 0 Å². The lowest BCUT2D eigenvalue weighted by Crippen LogP contribution is -2.47. The van der Waals surface area contributed by atoms with E-state index in [1.807, 2.05) is 36.4 Å². The van der Waals surface area contributed by atoms with Gasteiger partial charge in [0.2, 0.25) is 10.0 Å².